The molecule has 1 aliphatic carbocycles. The second-order valence-electron chi connectivity index (χ2n) is 7.95. The molecular formula is C26H40N2O2. The summed E-state index contributed by atoms with van der Waals surface area (Å²) < 4.78 is 7.97. The van der Waals surface area contributed by atoms with E-state index in [9.17, 15) is 4.79 Å². The average molecular weight is 413 g/mol. The molecule has 0 atom stereocenters. The monoisotopic (exact) mass is 412 g/mol. The van der Waals surface area contributed by atoms with Crippen molar-refractivity contribution in [3.8, 4) is 17.0 Å². The predicted molar refractivity (Wildman–Crippen MR) is 126 cm³/mol. The second-order valence-corrected chi connectivity index (χ2v) is 7.95. The van der Waals surface area contributed by atoms with Crippen LogP contribution in [-0.2, 0) is 6.54 Å². The summed E-state index contributed by atoms with van der Waals surface area (Å²) in [5.74, 6) is 1.57. The third-order valence-electron chi connectivity index (χ3n) is 5.98. The predicted octanol–water partition coefficient (Wildman–Crippen LogP) is 6.61. The molecule has 1 aromatic carbocycles. The van der Waals surface area contributed by atoms with Gasteiger partial charge in [0.1, 0.15) is 5.75 Å². The third kappa shape index (κ3) is 5.90. The molecule has 1 fully saturated rings. The molecule has 4 heteroatoms. The number of nitrogens with one attached hydrogen (secondary N) is 1. The van der Waals surface area contributed by atoms with Crippen molar-refractivity contribution in [2.24, 2.45) is 5.92 Å². The van der Waals surface area contributed by atoms with Crippen molar-refractivity contribution in [2.45, 2.75) is 79.2 Å². The summed E-state index contributed by atoms with van der Waals surface area (Å²) in [5, 5.41) is 3.08. The maximum absolute atomic E-state index is 12.8. The van der Waals surface area contributed by atoms with Crippen molar-refractivity contribution in [2.75, 3.05) is 13.7 Å². The lowest BCUT2D eigenvalue weighted by atomic mass is 9.89. The van der Waals surface area contributed by atoms with E-state index in [4.69, 9.17) is 4.74 Å². The molecule has 0 unspecified atom stereocenters. The first-order valence-electron chi connectivity index (χ1n) is 11.8. The van der Waals surface area contributed by atoms with E-state index >= 15 is 0 Å². The van der Waals surface area contributed by atoms with Gasteiger partial charge in [-0.25, -0.2) is 0 Å². The van der Waals surface area contributed by atoms with Crippen molar-refractivity contribution in [3.05, 3.63) is 41.6 Å². The first-order chi connectivity index (χ1) is 14.7. The van der Waals surface area contributed by atoms with Crippen LogP contribution in [0.3, 0.4) is 0 Å². The summed E-state index contributed by atoms with van der Waals surface area (Å²) in [6.45, 7) is 9.92. The van der Waals surface area contributed by atoms with E-state index in [1.165, 1.54) is 32.1 Å². The first-order valence-corrected chi connectivity index (χ1v) is 11.8. The van der Waals surface area contributed by atoms with Gasteiger partial charge in [0.2, 0.25) is 0 Å². The van der Waals surface area contributed by atoms with Crippen LogP contribution in [0, 0.1) is 12.8 Å². The number of ether oxygens (including phenoxy) is 1. The Morgan fingerprint density at radius 2 is 1.87 bits per heavy atom. The Labute approximate surface area is 183 Å². The van der Waals surface area contributed by atoms with Crippen molar-refractivity contribution in [1.82, 2.24) is 9.88 Å². The molecule has 0 saturated heterocycles. The van der Waals surface area contributed by atoms with Crippen LogP contribution in [0.25, 0.3) is 11.3 Å². The van der Waals surface area contributed by atoms with Crippen LogP contribution in [0.1, 0.15) is 81.8 Å². The minimum Gasteiger partial charge on any atom is -0.496 e. The molecule has 1 aliphatic rings. The van der Waals surface area contributed by atoms with Gasteiger partial charge >= 0.3 is 0 Å². The van der Waals surface area contributed by atoms with E-state index in [0.717, 1.165) is 54.2 Å². The van der Waals surface area contributed by atoms with E-state index in [2.05, 4.69) is 35.9 Å². The van der Waals surface area contributed by atoms with Gasteiger partial charge in [-0.15, -0.1) is 0 Å². The zero-order chi connectivity index (χ0) is 21.9. The highest BCUT2D eigenvalue weighted by molar-refractivity contribution is 5.97. The largest absolute Gasteiger partial charge is 0.496 e. The van der Waals surface area contributed by atoms with Crippen LogP contribution in [0.15, 0.2) is 30.3 Å². The van der Waals surface area contributed by atoms with E-state index in [-0.39, 0.29) is 5.91 Å². The van der Waals surface area contributed by atoms with Gasteiger partial charge in [0, 0.05) is 24.3 Å². The number of hydrogen-bond acceptors (Lipinski definition) is 2. The summed E-state index contributed by atoms with van der Waals surface area (Å²) >= 11 is 0. The molecule has 0 bridgehead atoms. The highest BCUT2D eigenvalue weighted by Crippen LogP contribution is 2.35. The van der Waals surface area contributed by atoms with Gasteiger partial charge < -0.3 is 14.6 Å². The first kappa shape index (κ1) is 24.0. The van der Waals surface area contributed by atoms with E-state index in [0.29, 0.717) is 5.92 Å². The molecule has 0 spiro atoms. The lowest BCUT2D eigenvalue weighted by molar-refractivity contribution is 0.0952. The zero-order valence-corrected chi connectivity index (χ0v) is 19.6. The number of benzene rings is 1. The molecule has 30 heavy (non-hydrogen) atoms. The number of carbonyl (C=O) groups is 1. The van der Waals surface area contributed by atoms with Crippen LogP contribution in [0.5, 0.6) is 5.75 Å². The number of aromatic nitrogens is 1. The lowest BCUT2D eigenvalue weighted by Gasteiger charge is -2.24. The number of methoxy groups -OCH3 is 1. The normalized spacial score (nSPS) is 14.0. The summed E-state index contributed by atoms with van der Waals surface area (Å²) in [4.78, 5) is 12.8. The Bertz CT molecular complexity index is 788. The molecule has 0 radical (unpaired) electrons. The van der Waals surface area contributed by atoms with Gasteiger partial charge in [0.15, 0.2) is 0 Å². The third-order valence-corrected chi connectivity index (χ3v) is 5.98. The number of carbonyl (C=O) groups excluding carboxylic acids is 1. The van der Waals surface area contributed by atoms with E-state index < -0.39 is 0 Å². The Balaban J connectivity index is 0.00000155. The molecule has 2 aromatic rings. The van der Waals surface area contributed by atoms with Gasteiger partial charge in [-0.2, -0.15) is 0 Å². The lowest BCUT2D eigenvalue weighted by Crippen LogP contribution is -2.25. The van der Waals surface area contributed by atoms with Gasteiger partial charge in [0.05, 0.1) is 18.4 Å². The topological polar surface area (TPSA) is 43.3 Å². The number of hydrogen-bond donors (Lipinski definition) is 1. The smallest absolute Gasteiger partial charge is 0.253 e. The molecule has 3 rings (SSSR count). The second kappa shape index (κ2) is 12.5. The molecule has 1 saturated carbocycles. The fourth-order valence-electron chi connectivity index (χ4n) is 4.29. The Morgan fingerprint density at radius 1 is 1.17 bits per heavy atom. The number of nitrogens with zero attached hydrogens (tertiary/aromatic N) is 1. The van der Waals surface area contributed by atoms with Crippen molar-refractivity contribution >= 4 is 5.91 Å². The number of rotatable bonds is 8. The minimum atomic E-state index is 0.0319. The minimum absolute atomic E-state index is 0.0319. The van der Waals surface area contributed by atoms with Crippen LogP contribution in [-0.4, -0.2) is 24.1 Å². The van der Waals surface area contributed by atoms with Crippen molar-refractivity contribution in [1.29, 1.82) is 0 Å². The Kier molecular flexibility index (Phi) is 9.99. The molecular weight excluding hydrogens is 372 g/mol. The highest BCUT2D eigenvalue weighted by atomic mass is 16.5. The quantitative estimate of drug-likeness (QED) is 0.496. The number of amides is 1. The molecule has 4 nitrogen and oxygen atoms in total. The Morgan fingerprint density at radius 3 is 2.53 bits per heavy atom. The highest BCUT2D eigenvalue weighted by Gasteiger charge is 2.23. The summed E-state index contributed by atoms with van der Waals surface area (Å²) in [6, 6.07) is 10.2. The zero-order valence-electron chi connectivity index (χ0n) is 19.6. The van der Waals surface area contributed by atoms with Crippen LogP contribution < -0.4 is 10.1 Å². The molecule has 166 valence electrons. The van der Waals surface area contributed by atoms with Crippen molar-refractivity contribution < 1.29 is 9.53 Å². The summed E-state index contributed by atoms with van der Waals surface area (Å²) in [7, 11) is 1.71. The van der Waals surface area contributed by atoms with Crippen molar-refractivity contribution in [3.63, 3.8) is 0 Å². The fourth-order valence-corrected chi connectivity index (χ4v) is 4.29. The van der Waals surface area contributed by atoms with Crippen LogP contribution in [0.4, 0.5) is 0 Å². The maximum atomic E-state index is 12.8. The van der Waals surface area contributed by atoms with Gasteiger partial charge in [0.25, 0.3) is 5.91 Å². The maximum Gasteiger partial charge on any atom is 0.253 e. The van der Waals surface area contributed by atoms with E-state index in [1.54, 1.807) is 7.11 Å². The SMILES string of the molecule is CC.CCCCNC(=O)c1cc(-c2ccccc2OC)n(CC2CCCCC2)c1C. The van der Waals surface area contributed by atoms with Crippen LogP contribution in [0.2, 0.25) is 0 Å². The van der Waals surface area contributed by atoms with Crippen LogP contribution >= 0.6 is 0 Å². The number of unbranched alkanes of at least 4 members (excludes halogenated alkanes) is 1. The molecule has 1 amide bonds. The fraction of sp³-hybridized carbons (Fsp3) is 0.577. The average Bonchev–Trinajstić information content (AvgIpc) is 3.12. The number of para-hydroxylation sites is 1. The van der Waals surface area contributed by atoms with Gasteiger partial charge in [-0.3, -0.25) is 4.79 Å². The van der Waals surface area contributed by atoms with E-state index in [1.807, 2.05) is 32.0 Å². The molecule has 1 N–H and O–H groups in total. The summed E-state index contributed by atoms with van der Waals surface area (Å²) in [5.41, 5.74) is 3.98. The molecule has 1 heterocycles. The molecule has 0 aliphatic heterocycles. The Hall–Kier alpha value is -2.23. The van der Waals surface area contributed by atoms with Gasteiger partial charge in [-0.1, -0.05) is 58.6 Å². The van der Waals surface area contributed by atoms with Gasteiger partial charge in [-0.05, 0) is 50.3 Å². The summed E-state index contributed by atoms with van der Waals surface area (Å²) in [6.07, 6.45) is 8.63. The molecule has 1 aromatic heterocycles. The standard InChI is InChI=1S/C24H34N2O2.C2H6/c1-4-5-15-25-24(27)21-16-22(20-13-9-10-14-23(20)28-3)26(18(21)2)17-19-11-7-6-8-12-19;1-2/h9-10,13-14,16,19H,4-8,11-12,15,17H2,1-3H3,(H,25,27);1-2H3.